The molecule has 4 heteroatoms. The lowest BCUT2D eigenvalue weighted by Gasteiger charge is -2.26. The van der Waals surface area contributed by atoms with E-state index < -0.39 is 5.97 Å². The number of rotatable bonds is 4. The van der Waals surface area contributed by atoms with Gasteiger partial charge in [0, 0.05) is 17.5 Å². The van der Waals surface area contributed by atoms with Crippen LogP contribution < -0.4 is 5.73 Å². The van der Waals surface area contributed by atoms with E-state index in [9.17, 15) is 4.79 Å². The molecule has 3 nitrogen and oxygen atoms in total. The van der Waals surface area contributed by atoms with Crippen molar-refractivity contribution in [2.75, 3.05) is 6.61 Å². The van der Waals surface area contributed by atoms with Gasteiger partial charge in [-0.15, -0.1) is 17.0 Å². The van der Waals surface area contributed by atoms with Gasteiger partial charge in [-0.05, 0) is 13.8 Å². The Morgan fingerprint density at radius 1 is 1.69 bits per heavy atom. The second-order valence-electron chi connectivity index (χ2n) is 3.56. The highest BCUT2D eigenvalue weighted by Crippen LogP contribution is 2.12. The molecule has 0 radical (unpaired) electrons. The van der Waals surface area contributed by atoms with Gasteiger partial charge in [-0.2, -0.15) is 0 Å². The summed E-state index contributed by atoms with van der Waals surface area (Å²) in [5.41, 5.74) is 5.47. The number of carbonyl (C=O) groups excluding carboxylic acids is 1. The van der Waals surface area contributed by atoms with Crippen LogP contribution in [0.2, 0.25) is 0 Å². The summed E-state index contributed by atoms with van der Waals surface area (Å²) in [7, 11) is 0. The fourth-order valence-corrected chi connectivity index (χ4v) is 0.481. The van der Waals surface area contributed by atoms with Crippen LogP contribution in [0.3, 0.4) is 0 Å². The van der Waals surface area contributed by atoms with Crippen molar-refractivity contribution in [2.24, 2.45) is 11.7 Å². The van der Waals surface area contributed by atoms with E-state index in [1.165, 1.54) is 0 Å². The maximum absolute atomic E-state index is 10.7. The number of halogens is 1. The molecule has 0 aliphatic heterocycles. The fourth-order valence-electron chi connectivity index (χ4n) is 0.481. The van der Waals surface area contributed by atoms with E-state index in [4.69, 9.17) is 10.5 Å². The Hall–Kier alpha value is -0.350. The van der Waals surface area contributed by atoms with Crippen LogP contribution >= 0.6 is 17.0 Å². The van der Waals surface area contributed by atoms with Crippen molar-refractivity contribution in [3.05, 3.63) is 12.7 Å². The molecule has 0 aromatic carbocycles. The monoisotopic (exact) mass is 251 g/mol. The van der Waals surface area contributed by atoms with Crippen molar-refractivity contribution in [1.29, 1.82) is 0 Å². The summed E-state index contributed by atoms with van der Waals surface area (Å²) in [6.07, 6.45) is 1.15. The molecule has 0 saturated heterocycles. The van der Waals surface area contributed by atoms with Crippen LogP contribution in [0.4, 0.5) is 0 Å². The van der Waals surface area contributed by atoms with Crippen LogP contribution in [-0.2, 0) is 9.53 Å². The van der Waals surface area contributed by atoms with Gasteiger partial charge in [0.25, 0.3) is 0 Å². The zero-order chi connectivity index (χ0) is 9.78. The molecule has 78 valence electrons. The first-order valence-corrected chi connectivity index (χ1v) is 3.96. The highest BCUT2D eigenvalue weighted by atomic mass is 79.9. The first-order valence-electron chi connectivity index (χ1n) is 3.96. The van der Waals surface area contributed by atoms with Crippen molar-refractivity contribution in [1.82, 2.24) is 0 Å². The maximum atomic E-state index is 10.7. The van der Waals surface area contributed by atoms with E-state index in [2.05, 4.69) is 6.58 Å². The first kappa shape index (κ1) is 15.1. The molecule has 0 bridgehead atoms. The Kier molecular flexibility index (Phi) is 7.17. The van der Waals surface area contributed by atoms with Crippen molar-refractivity contribution in [3.63, 3.8) is 0 Å². The molecule has 0 aliphatic carbocycles. The number of nitrogens with two attached hydrogens (primary N) is 1. The number of hydrogen-bond donors (Lipinski definition) is 1. The molecule has 1 atom stereocenters. The molecular formula is C9H18BrNO2. The maximum Gasteiger partial charge on any atom is 0.330 e. The average molecular weight is 252 g/mol. The van der Waals surface area contributed by atoms with Gasteiger partial charge in [-0.25, -0.2) is 4.79 Å². The van der Waals surface area contributed by atoms with Crippen molar-refractivity contribution in [2.45, 2.75) is 26.3 Å². The minimum absolute atomic E-state index is 0. The van der Waals surface area contributed by atoms with Gasteiger partial charge >= 0.3 is 5.97 Å². The summed E-state index contributed by atoms with van der Waals surface area (Å²) in [6, 6.07) is 0. The van der Waals surface area contributed by atoms with Crippen molar-refractivity contribution in [3.8, 4) is 0 Å². The van der Waals surface area contributed by atoms with Crippen LogP contribution in [0, 0.1) is 5.92 Å². The highest BCUT2D eigenvalue weighted by Gasteiger charge is 2.21. The van der Waals surface area contributed by atoms with E-state index in [1.807, 2.05) is 20.8 Å². The summed E-state index contributed by atoms with van der Waals surface area (Å²) in [4.78, 5) is 10.7. The molecule has 0 aliphatic rings. The number of esters is 1. The molecule has 13 heavy (non-hydrogen) atoms. The van der Waals surface area contributed by atoms with Gasteiger partial charge in [0.15, 0.2) is 0 Å². The molecule has 0 spiro atoms. The smallest absolute Gasteiger partial charge is 0.330 e. The van der Waals surface area contributed by atoms with Gasteiger partial charge in [-0.3, -0.25) is 0 Å². The molecular weight excluding hydrogens is 234 g/mol. The topological polar surface area (TPSA) is 52.3 Å². The molecule has 0 rings (SSSR count). The normalized spacial score (nSPS) is 12.6. The molecule has 0 fully saturated rings. The highest BCUT2D eigenvalue weighted by molar-refractivity contribution is 8.93. The lowest BCUT2D eigenvalue weighted by atomic mass is 9.91. The average Bonchev–Trinajstić information content (AvgIpc) is 1.97. The Labute approximate surface area is 90.1 Å². The number of carbonyl (C=O) groups is 1. The third-order valence-electron chi connectivity index (χ3n) is 1.91. The summed E-state index contributed by atoms with van der Waals surface area (Å²) < 4.78 is 4.84. The SMILES string of the molecule is Br.C=CC(=O)OCC(C)C(C)(C)N. The Bertz CT molecular complexity index is 175. The minimum atomic E-state index is -0.397. The molecule has 0 saturated carbocycles. The van der Waals surface area contributed by atoms with Gasteiger partial charge in [0.1, 0.15) is 0 Å². The van der Waals surface area contributed by atoms with Crippen LogP contribution in [0.1, 0.15) is 20.8 Å². The van der Waals surface area contributed by atoms with E-state index in [1.54, 1.807) is 0 Å². The van der Waals surface area contributed by atoms with Crippen LogP contribution in [0.15, 0.2) is 12.7 Å². The molecule has 0 aromatic heterocycles. The second-order valence-corrected chi connectivity index (χ2v) is 3.56. The summed E-state index contributed by atoms with van der Waals surface area (Å²) in [6.45, 7) is 9.38. The quantitative estimate of drug-likeness (QED) is 0.611. The predicted molar refractivity (Wildman–Crippen MR) is 58.9 cm³/mol. The van der Waals surface area contributed by atoms with Crippen LogP contribution in [0.25, 0.3) is 0 Å². The molecule has 0 aromatic rings. The summed E-state index contributed by atoms with van der Waals surface area (Å²) in [5, 5.41) is 0. The third kappa shape index (κ3) is 6.78. The first-order chi connectivity index (χ1) is 5.38. The zero-order valence-corrected chi connectivity index (χ0v) is 10.1. The van der Waals surface area contributed by atoms with E-state index >= 15 is 0 Å². The van der Waals surface area contributed by atoms with Crippen LogP contribution in [0.5, 0.6) is 0 Å². The third-order valence-corrected chi connectivity index (χ3v) is 1.91. The van der Waals surface area contributed by atoms with Gasteiger partial charge in [-0.1, -0.05) is 13.5 Å². The lowest BCUT2D eigenvalue weighted by molar-refractivity contribution is -0.139. The lowest BCUT2D eigenvalue weighted by Crippen LogP contribution is -2.41. The number of ether oxygens (including phenoxy) is 1. The molecule has 0 amide bonds. The standard InChI is InChI=1S/C9H17NO2.BrH/c1-5-8(11)12-6-7(2)9(3,4)10;/h5,7H,1,6,10H2,2-4H3;1H. The summed E-state index contributed by atoms with van der Waals surface area (Å²) in [5.74, 6) is -0.257. The van der Waals surface area contributed by atoms with E-state index in [0.717, 1.165) is 6.08 Å². The predicted octanol–water partition coefficient (Wildman–Crippen LogP) is 1.67. The largest absolute Gasteiger partial charge is 0.462 e. The van der Waals surface area contributed by atoms with Crippen molar-refractivity contribution >= 4 is 23.0 Å². The zero-order valence-electron chi connectivity index (χ0n) is 8.37. The molecule has 0 heterocycles. The minimum Gasteiger partial charge on any atom is -0.462 e. The van der Waals surface area contributed by atoms with E-state index in [0.29, 0.717) is 6.61 Å². The molecule has 2 N–H and O–H groups in total. The Morgan fingerprint density at radius 3 is 2.46 bits per heavy atom. The van der Waals surface area contributed by atoms with E-state index in [-0.39, 0.29) is 28.4 Å². The fraction of sp³-hybridized carbons (Fsp3) is 0.667. The van der Waals surface area contributed by atoms with Gasteiger partial charge < -0.3 is 10.5 Å². The number of hydrogen-bond acceptors (Lipinski definition) is 3. The molecule has 1 unspecified atom stereocenters. The Balaban J connectivity index is 0. The van der Waals surface area contributed by atoms with Crippen LogP contribution in [-0.4, -0.2) is 18.1 Å². The van der Waals surface area contributed by atoms with Gasteiger partial charge in [0.2, 0.25) is 0 Å². The second kappa shape index (κ2) is 6.16. The Morgan fingerprint density at radius 2 is 2.15 bits per heavy atom. The summed E-state index contributed by atoms with van der Waals surface area (Å²) >= 11 is 0. The van der Waals surface area contributed by atoms with Gasteiger partial charge in [0.05, 0.1) is 6.61 Å². The van der Waals surface area contributed by atoms with Crippen molar-refractivity contribution < 1.29 is 9.53 Å².